The molecule has 0 radical (unpaired) electrons. The van der Waals surface area contributed by atoms with Crippen molar-refractivity contribution in [1.29, 1.82) is 0 Å². The predicted octanol–water partition coefficient (Wildman–Crippen LogP) is 1.37. The molecule has 0 aliphatic heterocycles. The summed E-state index contributed by atoms with van der Waals surface area (Å²) in [7, 11) is 0. The number of ether oxygens (including phenoxy) is 2. The number of carboxylic acids is 1. The van der Waals surface area contributed by atoms with Crippen molar-refractivity contribution in [3.05, 3.63) is 23.3 Å². The average Bonchev–Trinajstić information content (AvgIpc) is 2.56. The van der Waals surface area contributed by atoms with Crippen molar-refractivity contribution in [3.63, 3.8) is 0 Å². The van der Waals surface area contributed by atoms with Gasteiger partial charge >= 0.3 is 5.97 Å². The number of hydrogen-bond acceptors (Lipinski definition) is 5. The molecule has 1 aromatic rings. The highest BCUT2D eigenvalue weighted by Crippen LogP contribution is 2.34. The Labute approximate surface area is 152 Å². The second-order valence-corrected chi connectivity index (χ2v) is 5.56. The number of carbonyl (C=O) groups is 3. The number of nitrogens with one attached hydrogen (secondary N) is 2. The number of aromatic carboxylic acids is 1. The maximum Gasteiger partial charge on any atom is 0.339 e. The molecule has 0 spiro atoms. The van der Waals surface area contributed by atoms with Crippen LogP contribution in [-0.2, 0) is 16.0 Å². The molecule has 0 bridgehead atoms. The molecule has 1 unspecified atom stereocenters. The quantitative estimate of drug-likeness (QED) is 0.576. The van der Waals surface area contributed by atoms with E-state index in [0.29, 0.717) is 30.9 Å². The van der Waals surface area contributed by atoms with E-state index in [1.807, 2.05) is 0 Å². The number of amides is 2. The Morgan fingerprint density at radius 3 is 2.35 bits per heavy atom. The van der Waals surface area contributed by atoms with E-state index in [2.05, 4.69) is 10.6 Å². The molecule has 1 aromatic carbocycles. The first-order valence-corrected chi connectivity index (χ1v) is 8.51. The average molecular weight is 366 g/mol. The van der Waals surface area contributed by atoms with Gasteiger partial charge in [-0.25, -0.2) is 4.79 Å². The Balaban J connectivity index is 2.92. The first kappa shape index (κ1) is 21.3. The lowest BCUT2D eigenvalue weighted by molar-refractivity contribution is -0.127. The van der Waals surface area contributed by atoms with Crippen LogP contribution in [0.4, 0.5) is 0 Å². The third-order valence-corrected chi connectivity index (χ3v) is 3.52. The van der Waals surface area contributed by atoms with Crippen LogP contribution in [0.25, 0.3) is 0 Å². The predicted molar refractivity (Wildman–Crippen MR) is 95.7 cm³/mol. The summed E-state index contributed by atoms with van der Waals surface area (Å²) in [6, 6.07) is 2.66. The van der Waals surface area contributed by atoms with Gasteiger partial charge in [-0.15, -0.1) is 0 Å². The van der Waals surface area contributed by atoms with Crippen LogP contribution in [0, 0.1) is 0 Å². The minimum Gasteiger partial charge on any atom is -0.490 e. The van der Waals surface area contributed by atoms with E-state index in [1.165, 1.54) is 6.92 Å². The molecule has 144 valence electrons. The fourth-order valence-corrected chi connectivity index (χ4v) is 2.45. The second kappa shape index (κ2) is 10.3. The zero-order valence-electron chi connectivity index (χ0n) is 15.5. The maximum absolute atomic E-state index is 11.9. The van der Waals surface area contributed by atoms with E-state index in [9.17, 15) is 19.5 Å². The molecule has 0 aromatic heterocycles. The molecule has 2 amide bonds. The number of carboxylic acid groups (broad SMARTS) is 1. The van der Waals surface area contributed by atoms with Gasteiger partial charge in [-0.3, -0.25) is 9.59 Å². The van der Waals surface area contributed by atoms with Gasteiger partial charge in [0.15, 0.2) is 11.5 Å². The largest absolute Gasteiger partial charge is 0.490 e. The Morgan fingerprint density at radius 1 is 1.15 bits per heavy atom. The van der Waals surface area contributed by atoms with Gasteiger partial charge in [0.2, 0.25) is 11.8 Å². The Bertz CT molecular complexity index is 659. The van der Waals surface area contributed by atoms with Gasteiger partial charge in [0, 0.05) is 13.5 Å². The minimum absolute atomic E-state index is 0.0296. The molecule has 3 N–H and O–H groups in total. The lowest BCUT2D eigenvalue weighted by atomic mass is 10.0. The van der Waals surface area contributed by atoms with Crippen LogP contribution in [0.2, 0.25) is 0 Å². The van der Waals surface area contributed by atoms with E-state index < -0.39 is 12.0 Å². The van der Waals surface area contributed by atoms with Gasteiger partial charge in [-0.05, 0) is 38.8 Å². The third-order valence-electron chi connectivity index (χ3n) is 3.52. The second-order valence-electron chi connectivity index (χ2n) is 5.56. The summed E-state index contributed by atoms with van der Waals surface area (Å²) >= 11 is 0. The van der Waals surface area contributed by atoms with Gasteiger partial charge in [0.25, 0.3) is 0 Å². The SMILES string of the molecule is CCOc1ccc(CCNC(=O)C(C)NC(C)=O)c(C(=O)O)c1OCC. The number of rotatable bonds is 10. The zero-order chi connectivity index (χ0) is 19.7. The van der Waals surface area contributed by atoms with Crippen LogP contribution in [0.5, 0.6) is 11.5 Å². The van der Waals surface area contributed by atoms with Gasteiger partial charge in [-0.1, -0.05) is 6.07 Å². The summed E-state index contributed by atoms with van der Waals surface area (Å²) in [6.07, 6.45) is 0.298. The smallest absolute Gasteiger partial charge is 0.339 e. The first-order chi connectivity index (χ1) is 12.3. The molecule has 1 rings (SSSR count). The summed E-state index contributed by atoms with van der Waals surface area (Å²) in [5.41, 5.74) is 0.554. The Hall–Kier alpha value is -2.77. The van der Waals surface area contributed by atoms with E-state index in [-0.39, 0.29) is 29.7 Å². The molecule has 0 saturated heterocycles. The fourth-order valence-electron chi connectivity index (χ4n) is 2.45. The minimum atomic E-state index is -1.12. The number of carbonyl (C=O) groups excluding carboxylic acids is 2. The van der Waals surface area contributed by atoms with Crippen molar-refractivity contribution in [2.24, 2.45) is 0 Å². The highest BCUT2D eigenvalue weighted by molar-refractivity contribution is 5.94. The van der Waals surface area contributed by atoms with Crippen molar-refractivity contribution >= 4 is 17.8 Å². The lowest BCUT2D eigenvalue weighted by Crippen LogP contribution is -2.44. The molecule has 8 nitrogen and oxygen atoms in total. The summed E-state index contributed by atoms with van der Waals surface area (Å²) in [6.45, 7) is 7.38. The molecule has 0 fully saturated rings. The van der Waals surface area contributed by atoms with Crippen molar-refractivity contribution < 1.29 is 29.0 Å². The van der Waals surface area contributed by atoms with E-state index in [1.54, 1.807) is 32.9 Å². The van der Waals surface area contributed by atoms with Crippen molar-refractivity contribution in [2.75, 3.05) is 19.8 Å². The van der Waals surface area contributed by atoms with Crippen LogP contribution in [0.1, 0.15) is 43.6 Å². The molecule has 26 heavy (non-hydrogen) atoms. The first-order valence-electron chi connectivity index (χ1n) is 8.51. The highest BCUT2D eigenvalue weighted by atomic mass is 16.5. The Kier molecular flexibility index (Phi) is 8.41. The normalized spacial score (nSPS) is 11.4. The maximum atomic E-state index is 11.9. The van der Waals surface area contributed by atoms with Crippen LogP contribution >= 0.6 is 0 Å². The summed E-state index contributed by atoms with van der Waals surface area (Å²) < 4.78 is 10.9. The molecule has 8 heteroatoms. The molecular formula is C18H26N2O6. The lowest BCUT2D eigenvalue weighted by Gasteiger charge is -2.17. The number of hydrogen-bond donors (Lipinski definition) is 3. The zero-order valence-corrected chi connectivity index (χ0v) is 15.5. The number of benzene rings is 1. The van der Waals surface area contributed by atoms with Crippen molar-refractivity contribution in [2.45, 2.75) is 40.2 Å². The van der Waals surface area contributed by atoms with Gasteiger partial charge < -0.3 is 25.2 Å². The van der Waals surface area contributed by atoms with Gasteiger partial charge in [0.1, 0.15) is 11.6 Å². The van der Waals surface area contributed by atoms with Crippen molar-refractivity contribution in [1.82, 2.24) is 10.6 Å². The summed E-state index contributed by atoms with van der Waals surface area (Å²) in [4.78, 5) is 34.6. The van der Waals surface area contributed by atoms with Crippen molar-refractivity contribution in [3.8, 4) is 11.5 Å². The monoisotopic (exact) mass is 366 g/mol. The van der Waals surface area contributed by atoms with Crippen LogP contribution in [-0.4, -0.2) is 48.7 Å². The topological polar surface area (TPSA) is 114 Å². The molecule has 0 heterocycles. The van der Waals surface area contributed by atoms with E-state index in [0.717, 1.165) is 0 Å². The summed E-state index contributed by atoms with van der Waals surface area (Å²) in [5.74, 6) is -1.19. The van der Waals surface area contributed by atoms with E-state index >= 15 is 0 Å². The fraction of sp³-hybridized carbons (Fsp3) is 0.500. The molecule has 0 saturated carbocycles. The van der Waals surface area contributed by atoms with Crippen LogP contribution in [0.3, 0.4) is 0 Å². The molecule has 1 atom stereocenters. The third kappa shape index (κ3) is 5.94. The standard InChI is InChI=1S/C18H26N2O6/c1-5-25-14-8-7-13(15(18(23)24)16(14)26-6-2)9-10-19-17(22)11(3)20-12(4)21/h7-8,11H,5-6,9-10H2,1-4H3,(H,19,22)(H,20,21)(H,23,24). The Morgan fingerprint density at radius 2 is 1.81 bits per heavy atom. The summed E-state index contributed by atoms with van der Waals surface area (Å²) in [5, 5.41) is 14.8. The molecule has 0 aliphatic rings. The van der Waals surface area contributed by atoms with Crippen LogP contribution < -0.4 is 20.1 Å². The highest BCUT2D eigenvalue weighted by Gasteiger charge is 2.22. The van der Waals surface area contributed by atoms with Gasteiger partial charge in [-0.2, -0.15) is 0 Å². The van der Waals surface area contributed by atoms with Gasteiger partial charge in [0.05, 0.1) is 13.2 Å². The molecule has 0 aliphatic carbocycles. The molecular weight excluding hydrogens is 340 g/mol. The van der Waals surface area contributed by atoms with E-state index in [4.69, 9.17) is 9.47 Å². The van der Waals surface area contributed by atoms with Crippen LogP contribution in [0.15, 0.2) is 12.1 Å².